The summed E-state index contributed by atoms with van der Waals surface area (Å²) in [6.07, 6.45) is 0. The first-order valence-electron chi connectivity index (χ1n) is 8.13. The maximum Gasteiger partial charge on any atom is 0.118 e. The van der Waals surface area contributed by atoms with Crippen molar-refractivity contribution in [1.29, 1.82) is 0 Å². The highest BCUT2D eigenvalue weighted by Gasteiger charge is 2.31. The Balaban J connectivity index is 2.16. The maximum absolute atomic E-state index is 5.32. The van der Waals surface area contributed by atoms with Crippen molar-refractivity contribution in [3.05, 3.63) is 94.0 Å². The van der Waals surface area contributed by atoms with Gasteiger partial charge in [-0.15, -0.1) is 0 Å². The molecule has 0 spiro atoms. The van der Waals surface area contributed by atoms with Gasteiger partial charge in [0.2, 0.25) is 0 Å². The lowest BCUT2D eigenvalue weighted by Gasteiger charge is -2.32. The predicted molar refractivity (Wildman–Crippen MR) is 106 cm³/mol. The molecule has 3 rings (SSSR count). The second-order valence-corrected chi connectivity index (χ2v) is 7.00. The Morgan fingerprint density at radius 1 is 0.600 bits per heavy atom. The lowest BCUT2D eigenvalue weighted by atomic mass is 9.71. The Morgan fingerprint density at radius 3 is 1.24 bits per heavy atom. The molecule has 128 valence electrons. The number of rotatable bonds is 5. The number of methoxy groups -OCH3 is 2. The van der Waals surface area contributed by atoms with Crippen LogP contribution in [0.25, 0.3) is 0 Å². The lowest BCUT2D eigenvalue weighted by Crippen LogP contribution is -2.25. The van der Waals surface area contributed by atoms with Crippen molar-refractivity contribution >= 4 is 15.9 Å². The molecule has 2 nitrogen and oxygen atoms in total. The van der Waals surface area contributed by atoms with Crippen LogP contribution in [-0.4, -0.2) is 14.2 Å². The van der Waals surface area contributed by atoms with Crippen LogP contribution in [0.4, 0.5) is 0 Å². The predicted octanol–water partition coefficient (Wildman–Crippen LogP) is 5.82. The molecule has 0 unspecified atom stereocenters. The van der Waals surface area contributed by atoms with Gasteiger partial charge in [-0.05, 0) is 60.0 Å². The van der Waals surface area contributed by atoms with E-state index in [-0.39, 0.29) is 5.41 Å². The average Bonchev–Trinajstić information content (AvgIpc) is 2.68. The van der Waals surface area contributed by atoms with Crippen molar-refractivity contribution < 1.29 is 9.47 Å². The summed E-state index contributed by atoms with van der Waals surface area (Å²) in [6, 6.07) is 25.1. The first kappa shape index (κ1) is 17.6. The fourth-order valence-corrected chi connectivity index (χ4v) is 3.40. The molecule has 0 aliphatic rings. The molecule has 0 radical (unpaired) electrons. The van der Waals surface area contributed by atoms with E-state index in [1.54, 1.807) is 14.2 Å². The highest BCUT2D eigenvalue weighted by Crippen LogP contribution is 2.40. The van der Waals surface area contributed by atoms with Gasteiger partial charge in [-0.1, -0.05) is 52.3 Å². The summed E-state index contributed by atoms with van der Waals surface area (Å²) in [5, 5.41) is 0. The van der Waals surface area contributed by atoms with Crippen molar-refractivity contribution in [3.63, 3.8) is 0 Å². The molecule has 0 saturated heterocycles. The van der Waals surface area contributed by atoms with Gasteiger partial charge in [0.1, 0.15) is 11.5 Å². The van der Waals surface area contributed by atoms with E-state index in [9.17, 15) is 0 Å². The second-order valence-electron chi connectivity index (χ2n) is 6.09. The lowest BCUT2D eigenvalue weighted by molar-refractivity contribution is 0.414. The molecule has 0 atom stereocenters. The molecule has 0 aliphatic carbocycles. The minimum absolute atomic E-state index is 0.279. The quantitative estimate of drug-likeness (QED) is 0.505. The van der Waals surface area contributed by atoms with Crippen molar-refractivity contribution in [2.75, 3.05) is 14.2 Å². The zero-order valence-corrected chi connectivity index (χ0v) is 16.2. The van der Waals surface area contributed by atoms with Gasteiger partial charge in [-0.25, -0.2) is 0 Å². The van der Waals surface area contributed by atoms with Gasteiger partial charge in [-0.3, -0.25) is 0 Å². The maximum atomic E-state index is 5.32. The van der Waals surface area contributed by atoms with Crippen LogP contribution in [-0.2, 0) is 5.41 Å². The standard InChI is InChI=1S/C22H21BrO2/c1-22(16-4-10-19(23)11-5-16,17-6-12-20(24-2)13-7-17)18-8-14-21(25-3)15-9-18/h4-15H,1-3H3. The van der Waals surface area contributed by atoms with E-state index in [1.165, 1.54) is 16.7 Å². The summed E-state index contributed by atoms with van der Waals surface area (Å²) in [5.74, 6) is 1.72. The zero-order chi connectivity index (χ0) is 17.9. The first-order chi connectivity index (χ1) is 12.1. The summed E-state index contributed by atoms with van der Waals surface area (Å²) in [5.41, 5.74) is 3.37. The van der Waals surface area contributed by atoms with E-state index in [0.29, 0.717) is 0 Å². The topological polar surface area (TPSA) is 18.5 Å². The molecule has 0 fully saturated rings. The monoisotopic (exact) mass is 396 g/mol. The molecule has 0 N–H and O–H groups in total. The molecule has 0 bridgehead atoms. The Morgan fingerprint density at radius 2 is 0.920 bits per heavy atom. The minimum Gasteiger partial charge on any atom is -0.497 e. The summed E-state index contributed by atoms with van der Waals surface area (Å²) in [4.78, 5) is 0. The van der Waals surface area contributed by atoms with Crippen LogP contribution >= 0.6 is 15.9 Å². The van der Waals surface area contributed by atoms with E-state index in [4.69, 9.17) is 9.47 Å². The van der Waals surface area contributed by atoms with Crippen LogP contribution in [0.1, 0.15) is 23.6 Å². The third-order valence-corrected chi connectivity index (χ3v) is 5.28. The van der Waals surface area contributed by atoms with Gasteiger partial charge in [-0.2, -0.15) is 0 Å². The summed E-state index contributed by atoms with van der Waals surface area (Å²) in [6.45, 7) is 2.25. The van der Waals surface area contributed by atoms with Crippen molar-refractivity contribution in [3.8, 4) is 11.5 Å². The largest absolute Gasteiger partial charge is 0.497 e. The van der Waals surface area contributed by atoms with Gasteiger partial charge >= 0.3 is 0 Å². The van der Waals surface area contributed by atoms with Gasteiger partial charge in [0.15, 0.2) is 0 Å². The first-order valence-corrected chi connectivity index (χ1v) is 8.92. The number of hydrogen-bond acceptors (Lipinski definition) is 2. The SMILES string of the molecule is COc1ccc(C(C)(c2ccc(Br)cc2)c2ccc(OC)cc2)cc1. The summed E-state index contributed by atoms with van der Waals surface area (Å²) >= 11 is 3.53. The normalized spacial score (nSPS) is 11.2. The van der Waals surface area contributed by atoms with Crippen molar-refractivity contribution in [2.24, 2.45) is 0 Å². The molecule has 0 heterocycles. The van der Waals surface area contributed by atoms with Crippen LogP contribution in [0.3, 0.4) is 0 Å². The molecule has 3 aromatic rings. The molecule has 25 heavy (non-hydrogen) atoms. The van der Waals surface area contributed by atoms with Crippen molar-refractivity contribution in [2.45, 2.75) is 12.3 Å². The van der Waals surface area contributed by atoms with Gasteiger partial charge in [0.05, 0.1) is 14.2 Å². The van der Waals surface area contributed by atoms with E-state index in [2.05, 4.69) is 71.4 Å². The Hall–Kier alpha value is -2.26. The fourth-order valence-electron chi connectivity index (χ4n) is 3.13. The number of ether oxygens (including phenoxy) is 2. The molecule has 3 heteroatoms. The number of halogens is 1. The smallest absolute Gasteiger partial charge is 0.118 e. The average molecular weight is 397 g/mol. The van der Waals surface area contributed by atoms with Crippen LogP contribution in [0.5, 0.6) is 11.5 Å². The molecule has 0 saturated carbocycles. The van der Waals surface area contributed by atoms with Crippen LogP contribution in [0, 0.1) is 0 Å². The van der Waals surface area contributed by atoms with Crippen molar-refractivity contribution in [1.82, 2.24) is 0 Å². The third-order valence-electron chi connectivity index (χ3n) is 4.76. The molecule has 0 aromatic heterocycles. The Kier molecular flexibility index (Phi) is 5.14. The highest BCUT2D eigenvalue weighted by molar-refractivity contribution is 9.10. The van der Waals surface area contributed by atoms with Gasteiger partial charge in [0, 0.05) is 9.89 Å². The highest BCUT2D eigenvalue weighted by atomic mass is 79.9. The molecular weight excluding hydrogens is 376 g/mol. The van der Waals surface area contributed by atoms with E-state index in [0.717, 1.165) is 16.0 Å². The Labute approximate surface area is 157 Å². The molecule has 0 aliphatic heterocycles. The van der Waals surface area contributed by atoms with E-state index >= 15 is 0 Å². The molecule has 0 amide bonds. The van der Waals surface area contributed by atoms with E-state index in [1.807, 2.05) is 24.3 Å². The minimum atomic E-state index is -0.279. The number of benzene rings is 3. The van der Waals surface area contributed by atoms with Gasteiger partial charge < -0.3 is 9.47 Å². The third kappa shape index (κ3) is 3.42. The van der Waals surface area contributed by atoms with Gasteiger partial charge in [0.25, 0.3) is 0 Å². The molecule has 3 aromatic carbocycles. The van der Waals surface area contributed by atoms with Crippen LogP contribution in [0.2, 0.25) is 0 Å². The fraction of sp³-hybridized carbons (Fsp3) is 0.182. The second kappa shape index (κ2) is 7.32. The zero-order valence-electron chi connectivity index (χ0n) is 14.6. The van der Waals surface area contributed by atoms with Crippen LogP contribution < -0.4 is 9.47 Å². The Bertz CT molecular complexity index is 774. The van der Waals surface area contributed by atoms with Crippen LogP contribution in [0.15, 0.2) is 77.3 Å². The summed E-state index contributed by atoms with van der Waals surface area (Å²) < 4.78 is 11.7. The van der Waals surface area contributed by atoms with E-state index < -0.39 is 0 Å². The number of hydrogen-bond donors (Lipinski definition) is 0. The summed E-state index contributed by atoms with van der Waals surface area (Å²) in [7, 11) is 3.37. The molecular formula is C22H21BrO2.